The zero-order valence-corrected chi connectivity index (χ0v) is 66.5. The van der Waals surface area contributed by atoms with Gasteiger partial charge in [0, 0.05) is 12.8 Å². The summed E-state index contributed by atoms with van der Waals surface area (Å²) in [6.45, 7) is 4.98. The van der Waals surface area contributed by atoms with Gasteiger partial charge in [-0.25, -0.2) is 0 Å². The molecule has 1 amide bonds. The number of nitrogens with one attached hydrogen (secondary N) is 1. The predicted molar refractivity (Wildman–Crippen MR) is 435 cm³/mol. The Balaban J connectivity index is 3.35. The van der Waals surface area contributed by atoms with Gasteiger partial charge in [0.1, 0.15) is 0 Å². The van der Waals surface area contributed by atoms with Crippen LogP contribution >= 0.6 is 0 Å². The summed E-state index contributed by atoms with van der Waals surface area (Å²) in [7, 11) is 0. The summed E-state index contributed by atoms with van der Waals surface area (Å²) in [6.07, 6.45) is 117. The van der Waals surface area contributed by atoms with Crippen molar-refractivity contribution >= 4 is 11.9 Å². The first-order valence-electron chi connectivity index (χ1n) is 44.9. The fraction of sp³-hybridized carbons (Fsp3) is 0.891. The lowest BCUT2D eigenvalue weighted by atomic mass is 10.0. The second-order valence-corrected chi connectivity index (χ2v) is 30.9. The van der Waals surface area contributed by atoms with Gasteiger partial charge in [0.25, 0.3) is 0 Å². The van der Waals surface area contributed by atoms with Crippen molar-refractivity contribution in [1.29, 1.82) is 0 Å². The fourth-order valence-corrected chi connectivity index (χ4v) is 14.3. The quantitative estimate of drug-likeness (QED) is 0.0320. The Morgan fingerprint density at radius 1 is 0.286 bits per heavy atom. The number of hydrogen-bond acceptors (Lipinski definition) is 5. The van der Waals surface area contributed by atoms with E-state index in [4.69, 9.17) is 4.74 Å². The van der Waals surface area contributed by atoms with Crippen molar-refractivity contribution in [3.05, 3.63) is 48.6 Å². The lowest BCUT2D eigenvalue weighted by Gasteiger charge is -2.22. The standard InChI is InChI=1S/C92H175NO5/c1-3-5-7-9-11-13-15-17-19-21-23-24-42-45-49-52-56-60-64-68-72-76-80-84-90(95)89(88-94)93-91(96)85-81-77-73-69-65-61-57-53-50-46-43-40-38-36-34-32-30-28-26-25-27-29-31-33-35-37-39-41-44-47-51-55-59-63-67-71-75-79-83-87-98-92(97)86-82-78-74-70-66-62-58-54-48-22-20-18-16-14-12-10-8-6-4-2/h12,14,18,20,25-26,29,31,89-90,94-95H,3-11,13,15-17,19,21-24,27-28,30,32-88H2,1-2H3,(H,93,96)/b14-12-,20-18-,26-25-,31-29-. The van der Waals surface area contributed by atoms with Crippen LogP contribution in [0.3, 0.4) is 0 Å². The van der Waals surface area contributed by atoms with E-state index < -0.39 is 12.1 Å². The van der Waals surface area contributed by atoms with Crippen LogP contribution in [0.15, 0.2) is 48.6 Å². The summed E-state index contributed by atoms with van der Waals surface area (Å²) >= 11 is 0. The van der Waals surface area contributed by atoms with Crippen molar-refractivity contribution in [1.82, 2.24) is 5.32 Å². The van der Waals surface area contributed by atoms with Gasteiger partial charge in [0.05, 0.1) is 25.4 Å². The number of carbonyl (C=O) groups is 2. The van der Waals surface area contributed by atoms with Crippen LogP contribution in [-0.4, -0.2) is 47.4 Å². The first-order chi connectivity index (χ1) is 48.5. The summed E-state index contributed by atoms with van der Waals surface area (Å²) in [5, 5.41) is 23.5. The largest absolute Gasteiger partial charge is 0.466 e. The zero-order valence-electron chi connectivity index (χ0n) is 66.5. The molecule has 0 aliphatic heterocycles. The van der Waals surface area contributed by atoms with Gasteiger partial charge >= 0.3 is 5.97 Å². The number of aliphatic hydroxyl groups excluding tert-OH is 2. The summed E-state index contributed by atoms with van der Waals surface area (Å²) in [4.78, 5) is 24.7. The highest BCUT2D eigenvalue weighted by atomic mass is 16.5. The van der Waals surface area contributed by atoms with E-state index in [0.29, 0.717) is 25.9 Å². The highest BCUT2D eigenvalue weighted by Crippen LogP contribution is 2.21. The van der Waals surface area contributed by atoms with Crippen LogP contribution in [0.5, 0.6) is 0 Å². The Morgan fingerprint density at radius 3 is 0.796 bits per heavy atom. The Bertz CT molecular complexity index is 1640. The third-order valence-electron chi connectivity index (χ3n) is 21.1. The average Bonchev–Trinajstić information content (AvgIpc) is 1.77. The van der Waals surface area contributed by atoms with Crippen LogP contribution in [0, 0.1) is 0 Å². The number of hydrogen-bond donors (Lipinski definition) is 3. The molecule has 0 heterocycles. The Hall–Kier alpha value is -2.18. The zero-order chi connectivity index (χ0) is 70.5. The van der Waals surface area contributed by atoms with Crippen LogP contribution in [-0.2, 0) is 14.3 Å². The Labute approximate surface area is 614 Å². The smallest absolute Gasteiger partial charge is 0.305 e. The molecule has 0 aromatic rings. The number of rotatable bonds is 85. The maximum absolute atomic E-state index is 12.6. The maximum Gasteiger partial charge on any atom is 0.305 e. The molecule has 6 heteroatoms. The van der Waals surface area contributed by atoms with E-state index in [9.17, 15) is 19.8 Å². The van der Waals surface area contributed by atoms with E-state index in [2.05, 4.69) is 67.8 Å². The molecule has 3 N–H and O–H groups in total. The molecule has 0 spiro atoms. The van der Waals surface area contributed by atoms with Crippen LogP contribution in [0.2, 0.25) is 0 Å². The van der Waals surface area contributed by atoms with Crippen molar-refractivity contribution < 1.29 is 24.5 Å². The van der Waals surface area contributed by atoms with Crippen molar-refractivity contribution in [2.45, 2.75) is 514 Å². The van der Waals surface area contributed by atoms with E-state index in [1.807, 2.05) is 0 Å². The third-order valence-corrected chi connectivity index (χ3v) is 21.1. The summed E-state index contributed by atoms with van der Waals surface area (Å²) < 4.78 is 5.52. The van der Waals surface area contributed by atoms with Crippen molar-refractivity contribution in [3.8, 4) is 0 Å². The second-order valence-electron chi connectivity index (χ2n) is 30.9. The Morgan fingerprint density at radius 2 is 0.510 bits per heavy atom. The molecule has 0 aromatic heterocycles. The molecule has 2 atom stereocenters. The molecule has 0 aliphatic rings. The topological polar surface area (TPSA) is 95.9 Å². The van der Waals surface area contributed by atoms with Crippen LogP contribution in [0.1, 0.15) is 502 Å². The molecule has 2 unspecified atom stereocenters. The van der Waals surface area contributed by atoms with Gasteiger partial charge in [-0.15, -0.1) is 0 Å². The molecule has 0 rings (SSSR count). The van der Waals surface area contributed by atoms with Crippen LogP contribution in [0.25, 0.3) is 0 Å². The van der Waals surface area contributed by atoms with Gasteiger partial charge in [-0.3, -0.25) is 9.59 Å². The number of carbonyl (C=O) groups excluding carboxylic acids is 2. The molecule has 98 heavy (non-hydrogen) atoms. The molecular weight excluding hydrogens is 1200 g/mol. The Kier molecular flexibility index (Phi) is 85.3. The summed E-state index contributed by atoms with van der Waals surface area (Å²) in [6, 6.07) is -0.541. The van der Waals surface area contributed by atoms with Crippen molar-refractivity contribution in [2.75, 3.05) is 13.2 Å². The lowest BCUT2D eigenvalue weighted by molar-refractivity contribution is -0.143. The molecule has 0 saturated heterocycles. The van der Waals surface area contributed by atoms with Gasteiger partial charge in [-0.2, -0.15) is 0 Å². The van der Waals surface area contributed by atoms with Crippen LogP contribution in [0.4, 0.5) is 0 Å². The predicted octanol–water partition coefficient (Wildman–Crippen LogP) is 30.3. The minimum atomic E-state index is -0.664. The van der Waals surface area contributed by atoms with E-state index in [0.717, 1.165) is 57.8 Å². The summed E-state index contributed by atoms with van der Waals surface area (Å²) in [5.41, 5.74) is 0. The van der Waals surface area contributed by atoms with E-state index >= 15 is 0 Å². The molecule has 0 bridgehead atoms. The van der Waals surface area contributed by atoms with Gasteiger partial charge in [0.15, 0.2) is 0 Å². The lowest BCUT2D eigenvalue weighted by Crippen LogP contribution is -2.45. The van der Waals surface area contributed by atoms with Gasteiger partial charge in [0.2, 0.25) is 5.91 Å². The van der Waals surface area contributed by atoms with Gasteiger partial charge in [-0.05, 0) is 89.9 Å². The fourth-order valence-electron chi connectivity index (χ4n) is 14.3. The normalized spacial score (nSPS) is 12.7. The molecule has 0 saturated carbocycles. The number of unbranched alkanes of at least 4 members (excludes halogenated alkanes) is 66. The second kappa shape index (κ2) is 87.2. The molecule has 0 aromatic carbocycles. The van der Waals surface area contributed by atoms with Crippen molar-refractivity contribution in [3.63, 3.8) is 0 Å². The number of allylic oxidation sites excluding steroid dienone is 8. The molecule has 578 valence electrons. The van der Waals surface area contributed by atoms with Crippen molar-refractivity contribution in [2.24, 2.45) is 0 Å². The average molecular weight is 1380 g/mol. The number of amides is 1. The molecule has 0 radical (unpaired) electrons. The summed E-state index contributed by atoms with van der Waals surface area (Å²) in [5.74, 6) is -0.00880. The van der Waals surface area contributed by atoms with Gasteiger partial charge in [-0.1, -0.05) is 448 Å². The molecule has 0 aliphatic carbocycles. The van der Waals surface area contributed by atoms with Gasteiger partial charge < -0.3 is 20.3 Å². The van der Waals surface area contributed by atoms with E-state index in [1.165, 1.54) is 411 Å². The number of ether oxygens (including phenoxy) is 1. The minimum absolute atomic E-state index is 0.0173. The first-order valence-corrected chi connectivity index (χ1v) is 44.9. The highest BCUT2D eigenvalue weighted by molar-refractivity contribution is 5.76. The van der Waals surface area contributed by atoms with E-state index in [1.54, 1.807) is 0 Å². The monoisotopic (exact) mass is 1370 g/mol. The number of aliphatic hydroxyl groups is 2. The molecular formula is C92H175NO5. The highest BCUT2D eigenvalue weighted by Gasteiger charge is 2.20. The third kappa shape index (κ3) is 82.8. The van der Waals surface area contributed by atoms with E-state index in [-0.39, 0.29) is 18.5 Å². The molecule has 6 nitrogen and oxygen atoms in total. The first kappa shape index (κ1) is 95.8. The maximum atomic E-state index is 12.6. The minimum Gasteiger partial charge on any atom is -0.466 e. The van der Waals surface area contributed by atoms with Crippen LogP contribution < -0.4 is 5.32 Å². The SMILES string of the molecule is CCCCC/C=C\C/C=C\CCCCCCCCCCCC(=O)OCCCCCCCCCCCCCCCCC/C=C\C/C=C\CCCCCCCCCCCCCCCCCCCC(=O)NC(CO)C(O)CCCCCCCCCCCCCCCCCCCCCCCCC. The number of esters is 1. The molecule has 0 fully saturated rings.